The Bertz CT molecular complexity index is 620. The summed E-state index contributed by atoms with van der Waals surface area (Å²) in [6, 6.07) is 4.92. The van der Waals surface area contributed by atoms with E-state index in [1.165, 1.54) is 4.31 Å². The first-order chi connectivity index (χ1) is 11.0. The molecule has 23 heavy (non-hydrogen) atoms. The number of sulfonamides is 1. The molecule has 1 aromatic carbocycles. The van der Waals surface area contributed by atoms with Crippen molar-refractivity contribution in [3.8, 4) is 0 Å². The van der Waals surface area contributed by atoms with Gasteiger partial charge in [-0.05, 0) is 43.4 Å². The predicted octanol–water partition coefficient (Wildman–Crippen LogP) is 2.82. The number of carbonyl (C=O) groups excluding carboxylic acids is 1. The Kier molecular flexibility index (Phi) is 8.02. The second-order valence-corrected chi connectivity index (χ2v) is 7.57. The van der Waals surface area contributed by atoms with Crippen molar-refractivity contribution in [2.45, 2.75) is 38.5 Å². The number of carbonyl (C=O) groups is 1. The van der Waals surface area contributed by atoms with Crippen LogP contribution in [0.4, 0.5) is 0 Å². The van der Waals surface area contributed by atoms with Gasteiger partial charge in [0, 0.05) is 24.7 Å². The lowest BCUT2D eigenvalue weighted by molar-refractivity contribution is -0.109. The van der Waals surface area contributed by atoms with E-state index in [1.54, 1.807) is 25.1 Å². The summed E-state index contributed by atoms with van der Waals surface area (Å²) in [5.74, 6) is 0.151. The fourth-order valence-corrected chi connectivity index (χ4v) is 4.67. The summed E-state index contributed by atoms with van der Waals surface area (Å²) in [6.45, 7) is 7.15. The van der Waals surface area contributed by atoms with Crippen LogP contribution in [0.25, 0.3) is 0 Å². The second kappa shape index (κ2) is 9.25. The molecular weight excluding hydrogens is 336 g/mol. The SMILES string of the molecule is CC.Cc1c(Cl)cccc1S(=O)(=O)N1CCCC(CNC=O)C1. The van der Waals surface area contributed by atoms with Crippen LogP contribution in [0.15, 0.2) is 23.1 Å². The van der Waals surface area contributed by atoms with Crippen molar-refractivity contribution >= 4 is 28.0 Å². The van der Waals surface area contributed by atoms with E-state index in [-0.39, 0.29) is 10.8 Å². The highest BCUT2D eigenvalue weighted by Gasteiger charge is 2.31. The largest absolute Gasteiger partial charge is 0.358 e. The average molecular weight is 361 g/mol. The zero-order chi connectivity index (χ0) is 17.5. The molecule has 1 atom stereocenters. The van der Waals surface area contributed by atoms with E-state index in [0.29, 0.717) is 36.6 Å². The molecule has 5 nitrogen and oxygen atoms in total. The average Bonchev–Trinajstić information content (AvgIpc) is 2.57. The van der Waals surface area contributed by atoms with Crippen LogP contribution in [-0.2, 0) is 14.8 Å². The van der Waals surface area contributed by atoms with E-state index in [1.807, 2.05) is 13.8 Å². The third kappa shape index (κ3) is 4.93. The topological polar surface area (TPSA) is 66.5 Å². The van der Waals surface area contributed by atoms with Crippen LogP contribution in [-0.4, -0.2) is 38.8 Å². The Morgan fingerprint density at radius 3 is 2.74 bits per heavy atom. The van der Waals surface area contributed by atoms with E-state index < -0.39 is 10.0 Å². The van der Waals surface area contributed by atoms with E-state index in [0.717, 1.165) is 12.8 Å². The summed E-state index contributed by atoms with van der Waals surface area (Å²) in [6.07, 6.45) is 2.36. The van der Waals surface area contributed by atoms with Crippen LogP contribution in [0.5, 0.6) is 0 Å². The Morgan fingerprint density at radius 2 is 2.09 bits per heavy atom. The van der Waals surface area contributed by atoms with Crippen LogP contribution in [0.2, 0.25) is 5.02 Å². The Balaban J connectivity index is 0.00000127. The number of nitrogens with zero attached hydrogens (tertiary/aromatic N) is 1. The highest BCUT2D eigenvalue weighted by atomic mass is 35.5. The number of amides is 1. The van der Waals surface area contributed by atoms with Gasteiger partial charge in [0.05, 0.1) is 4.90 Å². The molecule has 1 unspecified atom stereocenters. The van der Waals surface area contributed by atoms with Gasteiger partial charge in [0.25, 0.3) is 0 Å². The van der Waals surface area contributed by atoms with Gasteiger partial charge >= 0.3 is 0 Å². The Morgan fingerprint density at radius 1 is 1.39 bits per heavy atom. The maximum absolute atomic E-state index is 12.8. The first-order valence-electron chi connectivity index (χ1n) is 7.89. The number of benzene rings is 1. The van der Waals surface area contributed by atoms with Gasteiger partial charge < -0.3 is 5.32 Å². The van der Waals surface area contributed by atoms with Gasteiger partial charge in [0.1, 0.15) is 0 Å². The van der Waals surface area contributed by atoms with Gasteiger partial charge in [-0.15, -0.1) is 0 Å². The van der Waals surface area contributed by atoms with Crippen molar-refractivity contribution in [2.24, 2.45) is 5.92 Å². The van der Waals surface area contributed by atoms with Crippen molar-refractivity contribution in [3.63, 3.8) is 0 Å². The van der Waals surface area contributed by atoms with Crippen LogP contribution in [0.3, 0.4) is 0 Å². The van der Waals surface area contributed by atoms with Gasteiger partial charge in [-0.2, -0.15) is 4.31 Å². The van der Waals surface area contributed by atoms with Crippen molar-refractivity contribution < 1.29 is 13.2 Å². The molecule has 7 heteroatoms. The maximum atomic E-state index is 12.8. The van der Waals surface area contributed by atoms with Crippen LogP contribution < -0.4 is 5.32 Å². The lowest BCUT2D eigenvalue weighted by Crippen LogP contribution is -2.42. The maximum Gasteiger partial charge on any atom is 0.243 e. The first-order valence-corrected chi connectivity index (χ1v) is 9.71. The molecule has 1 saturated heterocycles. The molecule has 0 aliphatic carbocycles. The molecule has 1 amide bonds. The number of hydrogen-bond donors (Lipinski definition) is 1. The van der Waals surface area contributed by atoms with E-state index >= 15 is 0 Å². The van der Waals surface area contributed by atoms with Gasteiger partial charge in [-0.1, -0.05) is 31.5 Å². The molecule has 0 aromatic heterocycles. The molecule has 1 aliphatic heterocycles. The monoisotopic (exact) mass is 360 g/mol. The summed E-state index contributed by atoms with van der Waals surface area (Å²) in [4.78, 5) is 10.6. The summed E-state index contributed by atoms with van der Waals surface area (Å²) in [5.41, 5.74) is 0.576. The summed E-state index contributed by atoms with van der Waals surface area (Å²) < 4.78 is 27.0. The number of nitrogens with one attached hydrogen (secondary N) is 1. The molecule has 0 spiro atoms. The molecule has 1 N–H and O–H groups in total. The van der Waals surface area contributed by atoms with Gasteiger partial charge in [-0.3, -0.25) is 4.79 Å². The number of halogens is 1. The number of rotatable bonds is 5. The van der Waals surface area contributed by atoms with Crippen molar-refractivity contribution in [1.29, 1.82) is 0 Å². The zero-order valence-electron chi connectivity index (χ0n) is 13.9. The predicted molar refractivity (Wildman–Crippen MR) is 93.1 cm³/mol. The molecule has 0 bridgehead atoms. The number of piperidine rings is 1. The molecule has 1 aliphatic rings. The van der Waals surface area contributed by atoms with Crippen molar-refractivity contribution in [3.05, 3.63) is 28.8 Å². The Labute approximate surface area is 144 Å². The molecule has 2 rings (SSSR count). The molecule has 1 fully saturated rings. The third-order valence-corrected chi connectivity index (χ3v) is 6.23. The minimum absolute atomic E-state index is 0.151. The fraction of sp³-hybridized carbons (Fsp3) is 0.562. The highest BCUT2D eigenvalue weighted by molar-refractivity contribution is 7.89. The molecule has 130 valence electrons. The van der Waals surface area contributed by atoms with Crippen molar-refractivity contribution in [1.82, 2.24) is 9.62 Å². The fourth-order valence-electron chi connectivity index (χ4n) is 2.63. The highest BCUT2D eigenvalue weighted by Crippen LogP contribution is 2.28. The molecule has 1 heterocycles. The van der Waals surface area contributed by atoms with Crippen LogP contribution in [0, 0.1) is 12.8 Å². The zero-order valence-corrected chi connectivity index (χ0v) is 15.5. The molecule has 1 aromatic rings. The smallest absolute Gasteiger partial charge is 0.243 e. The molecular formula is C16H25ClN2O3S. The quantitative estimate of drug-likeness (QED) is 0.821. The van der Waals surface area contributed by atoms with Gasteiger partial charge in [0.15, 0.2) is 0 Å². The molecule has 0 saturated carbocycles. The van der Waals surface area contributed by atoms with Gasteiger partial charge in [0.2, 0.25) is 16.4 Å². The van der Waals surface area contributed by atoms with E-state index in [2.05, 4.69) is 5.32 Å². The summed E-state index contributed by atoms with van der Waals surface area (Å²) in [5, 5.41) is 3.08. The van der Waals surface area contributed by atoms with Gasteiger partial charge in [-0.25, -0.2) is 8.42 Å². The lowest BCUT2D eigenvalue weighted by atomic mass is 10.00. The second-order valence-electron chi connectivity index (χ2n) is 5.26. The standard InChI is InChI=1S/C14H19ClN2O3S.C2H6/c1-11-13(15)5-2-6-14(11)21(19,20)17-7-3-4-12(9-17)8-16-10-18;1-2/h2,5-6,10,12H,3-4,7-9H2,1H3,(H,16,18);1-2H3. The Hall–Kier alpha value is -1.11. The minimum atomic E-state index is -3.54. The third-order valence-electron chi connectivity index (χ3n) is 3.81. The van der Waals surface area contributed by atoms with E-state index in [4.69, 9.17) is 11.6 Å². The van der Waals surface area contributed by atoms with Crippen molar-refractivity contribution in [2.75, 3.05) is 19.6 Å². The van der Waals surface area contributed by atoms with E-state index in [9.17, 15) is 13.2 Å². The number of hydrogen-bond acceptors (Lipinski definition) is 3. The minimum Gasteiger partial charge on any atom is -0.358 e. The normalized spacial score (nSPS) is 18.7. The van der Waals surface area contributed by atoms with Crippen LogP contribution in [0.1, 0.15) is 32.3 Å². The summed E-state index contributed by atoms with van der Waals surface area (Å²) >= 11 is 6.02. The van der Waals surface area contributed by atoms with Crippen LogP contribution >= 0.6 is 11.6 Å². The lowest BCUT2D eigenvalue weighted by Gasteiger charge is -2.32. The first kappa shape index (κ1) is 19.9. The summed E-state index contributed by atoms with van der Waals surface area (Å²) in [7, 11) is -3.54. The molecule has 0 radical (unpaired) electrons.